The molecule has 0 saturated heterocycles. The Morgan fingerprint density at radius 3 is 2.27 bits per heavy atom. The predicted molar refractivity (Wildman–Crippen MR) is 113 cm³/mol. The van der Waals surface area contributed by atoms with Crippen molar-refractivity contribution in [2.45, 2.75) is 40.0 Å². The lowest BCUT2D eigenvalue weighted by Crippen LogP contribution is -2.27. The van der Waals surface area contributed by atoms with E-state index in [9.17, 15) is 0 Å². The number of rotatable bonds is 7. The predicted octanol–water partition coefficient (Wildman–Crippen LogP) is 6.00. The maximum Gasteiger partial charge on any atom is 0.165 e. The number of aryl methyl sites for hydroxylation is 1. The summed E-state index contributed by atoms with van der Waals surface area (Å²) in [6.45, 7) is 8.63. The second kappa shape index (κ2) is 8.40. The van der Waals surface area contributed by atoms with Crippen LogP contribution in [0.25, 0.3) is 16.9 Å². The minimum atomic E-state index is 0.718. The topological polar surface area (TPSA) is 33.4 Å². The molecule has 0 aliphatic rings. The number of hydrogen-bond donors (Lipinski definition) is 0. The van der Waals surface area contributed by atoms with Crippen LogP contribution in [-0.2, 0) is 6.42 Å². The van der Waals surface area contributed by atoms with Crippen LogP contribution >= 0.6 is 27.5 Å². The number of aromatic nitrogens is 3. The average Bonchev–Trinajstić information content (AvgIpc) is 3.00. The van der Waals surface area contributed by atoms with Crippen LogP contribution < -0.4 is 4.90 Å². The monoisotopic (exact) mass is 434 g/mol. The fourth-order valence-electron chi connectivity index (χ4n) is 3.29. The third-order valence-corrected chi connectivity index (χ3v) is 4.99. The Kier molecular flexibility index (Phi) is 6.20. The van der Waals surface area contributed by atoms with Crippen molar-refractivity contribution in [3.05, 3.63) is 45.8 Å². The van der Waals surface area contributed by atoms with Crippen LogP contribution in [0.5, 0.6) is 0 Å². The Bertz CT molecular complexity index is 883. The van der Waals surface area contributed by atoms with Gasteiger partial charge in [0.1, 0.15) is 16.1 Å². The van der Waals surface area contributed by atoms with E-state index in [1.54, 1.807) is 0 Å². The number of benzene rings is 1. The summed E-state index contributed by atoms with van der Waals surface area (Å²) >= 11 is 9.64. The highest BCUT2D eigenvalue weighted by Gasteiger charge is 2.20. The first-order chi connectivity index (χ1) is 12.6. The molecule has 0 N–H and O–H groups in total. The van der Waals surface area contributed by atoms with Crippen LogP contribution in [0.2, 0.25) is 5.02 Å². The lowest BCUT2D eigenvalue weighted by molar-refractivity contribution is 0.725. The maximum atomic E-state index is 6.05. The number of hydrogen-bond acceptors (Lipinski definition) is 3. The van der Waals surface area contributed by atoms with Crippen molar-refractivity contribution in [3.63, 3.8) is 0 Å². The molecule has 0 amide bonds. The van der Waals surface area contributed by atoms with E-state index in [-0.39, 0.29) is 0 Å². The van der Waals surface area contributed by atoms with Gasteiger partial charge in [-0.15, -0.1) is 0 Å². The average molecular weight is 436 g/mol. The zero-order chi connectivity index (χ0) is 18.7. The minimum Gasteiger partial charge on any atom is -0.356 e. The van der Waals surface area contributed by atoms with Gasteiger partial charge >= 0.3 is 0 Å². The van der Waals surface area contributed by atoms with Crippen LogP contribution in [0.15, 0.2) is 35.1 Å². The molecule has 0 aliphatic heterocycles. The van der Waals surface area contributed by atoms with E-state index in [1.165, 1.54) is 5.82 Å². The molecule has 2 heterocycles. The SMILES string of the molecule is CCCN(CCC)c1c(CC)nc2c(-c3ccc(Cl)cc3)nc(Br)cn12. The molecule has 6 heteroatoms. The molecule has 1 aromatic carbocycles. The molecule has 0 fully saturated rings. The Balaban J connectivity index is 2.25. The highest BCUT2D eigenvalue weighted by atomic mass is 79.9. The molecule has 3 aromatic rings. The van der Waals surface area contributed by atoms with Gasteiger partial charge in [0.15, 0.2) is 5.65 Å². The Hall–Kier alpha value is -1.59. The molecule has 0 radical (unpaired) electrons. The standard InChI is InChI=1S/C20H24BrClN4/c1-4-11-25(12-5-2)20-16(6-3)23-19-18(24-17(21)13-26(19)20)14-7-9-15(22)10-8-14/h7-10,13H,4-6,11-12H2,1-3H3. The molecule has 0 saturated carbocycles. The van der Waals surface area contributed by atoms with Gasteiger partial charge in [-0.1, -0.05) is 44.5 Å². The van der Waals surface area contributed by atoms with Crippen LogP contribution in [0, 0.1) is 0 Å². The maximum absolute atomic E-state index is 6.05. The highest BCUT2D eigenvalue weighted by Crippen LogP contribution is 2.31. The molecular formula is C20H24BrClN4. The molecule has 3 rings (SSSR count). The lowest BCUT2D eigenvalue weighted by Gasteiger charge is -2.24. The van der Waals surface area contributed by atoms with E-state index in [1.807, 2.05) is 30.5 Å². The highest BCUT2D eigenvalue weighted by molar-refractivity contribution is 9.10. The molecule has 0 aliphatic carbocycles. The summed E-state index contributed by atoms with van der Waals surface area (Å²) in [5, 5.41) is 0.718. The molecule has 4 nitrogen and oxygen atoms in total. The van der Waals surface area contributed by atoms with Gasteiger partial charge in [-0.2, -0.15) is 0 Å². The number of nitrogens with zero attached hydrogens (tertiary/aromatic N) is 4. The smallest absolute Gasteiger partial charge is 0.165 e. The van der Waals surface area contributed by atoms with E-state index in [2.05, 4.69) is 46.0 Å². The van der Waals surface area contributed by atoms with Gasteiger partial charge in [0.25, 0.3) is 0 Å². The first kappa shape index (κ1) is 19.2. The second-order valence-corrected chi connectivity index (χ2v) is 7.58. The summed E-state index contributed by atoms with van der Waals surface area (Å²) in [5.41, 5.74) is 3.88. The largest absolute Gasteiger partial charge is 0.356 e. The first-order valence-electron chi connectivity index (χ1n) is 9.17. The van der Waals surface area contributed by atoms with Crippen molar-refractivity contribution in [2.24, 2.45) is 0 Å². The van der Waals surface area contributed by atoms with E-state index < -0.39 is 0 Å². The van der Waals surface area contributed by atoms with Crippen LogP contribution in [0.1, 0.15) is 39.3 Å². The van der Waals surface area contributed by atoms with Crippen molar-refractivity contribution in [3.8, 4) is 11.3 Å². The van der Waals surface area contributed by atoms with E-state index in [0.29, 0.717) is 0 Å². The van der Waals surface area contributed by atoms with Crippen LogP contribution in [0.3, 0.4) is 0 Å². The van der Waals surface area contributed by atoms with Crippen LogP contribution in [0.4, 0.5) is 5.82 Å². The van der Waals surface area contributed by atoms with Gasteiger partial charge in [-0.3, -0.25) is 4.40 Å². The lowest BCUT2D eigenvalue weighted by atomic mass is 10.1. The van der Waals surface area contributed by atoms with Crippen molar-refractivity contribution < 1.29 is 0 Å². The summed E-state index contributed by atoms with van der Waals surface area (Å²) in [7, 11) is 0. The third kappa shape index (κ3) is 3.74. The zero-order valence-corrected chi connectivity index (χ0v) is 17.8. The third-order valence-electron chi connectivity index (χ3n) is 4.36. The van der Waals surface area contributed by atoms with Crippen molar-refractivity contribution in [1.82, 2.24) is 14.4 Å². The van der Waals surface area contributed by atoms with E-state index in [4.69, 9.17) is 21.6 Å². The number of fused-ring (bicyclic) bond motifs is 1. The summed E-state index contributed by atoms with van der Waals surface area (Å²) in [6.07, 6.45) is 5.12. The van der Waals surface area contributed by atoms with Crippen molar-refractivity contribution in [2.75, 3.05) is 18.0 Å². The summed E-state index contributed by atoms with van der Waals surface area (Å²) in [4.78, 5) is 12.1. The normalized spacial score (nSPS) is 11.3. The molecule has 0 atom stereocenters. The summed E-state index contributed by atoms with van der Waals surface area (Å²) < 4.78 is 2.98. The Morgan fingerprint density at radius 1 is 1.04 bits per heavy atom. The van der Waals surface area contributed by atoms with Crippen molar-refractivity contribution in [1.29, 1.82) is 0 Å². The van der Waals surface area contributed by atoms with Gasteiger partial charge in [0.2, 0.25) is 0 Å². The molecule has 0 spiro atoms. The van der Waals surface area contributed by atoms with E-state index in [0.717, 1.165) is 64.6 Å². The fourth-order valence-corrected chi connectivity index (χ4v) is 3.80. The Morgan fingerprint density at radius 2 is 1.69 bits per heavy atom. The molecular weight excluding hydrogens is 412 g/mol. The quantitative estimate of drug-likeness (QED) is 0.456. The number of imidazole rings is 1. The van der Waals surface area contributed by atoms with Crippen molar-refractivity contribution >= 4 is 39.0 Å². The van der Waals surface area contributed by atoms with Gasteiger partial charge in [-0.25, -0.2) is 9.97 Å². The number of halogens is 2. The second-order valence-electron chi connectivity index (χ2n) is 6.34. The molecule has 138 valence electrons. The van der Waals surface area contributed by atoms with Gasteiger partial charge < -0.3 is 4.90 Å². The zero-order valence-electron chi connectivity index (χ0n) is 15.5. The number of anilines is 1. The molecule has 0 bridgehead atoms. The van der Waals surface area contributed by atoms with Crippen LogP contribution in [-0.4, -0.2) is 27.5 Å². The molecule has 2 aromatic heterocycles. The summed E-state index contributed by atoms with van der Waals surface area (Å²) in [6, 6.07) is 7.77. The Labute approximate surface area is 168 Å². The van der Waals surface area contributed by atoms with Gasteiger partial charge in [0, 0.05) is 29.9 Å². The molecule has 0 unspecified atom stereocenters. The summed E-state index contributed by atoms with van der Waals surface area (Å²) in [5.74, 6) is 1.18. The fraction of sp³-hybridized carbons (Fsp3) is 0.400. The molecule has 26 heavy (non-hydrogen) atoms. The van der Waals surface area contributed by atoms with Gasteiger partial charge in [-0.05, 0) is 47.3 Å². The van der Waals surface area contributed by atoms with E-state index >= 15 is 0 Å². The minimum absolute atomic E-state index is 0.718. The van der Waals surface area contributed by atoms with Gasteiger partial charge in [0.05, 0.1) is 5.69 Å². The first-order valence-corrected chi connectivity index (χ1v) is 10.3.